The smallest absolute Gasteiger partial charge is 0.291 e. The van der Waals surface area contributed by atoms with Crippen LogP contribution in [0.25, 0.3) is 16.7 Å². The number of carbonyl (C=O) groups is 1. The number of carbonyl (C=O) groups excluding carboxylic acids is 1. The van der Waals surface area contributed by atoms with Crippen molar-refractivity contribution >= 4 is 28.3 Å². The van der Waals surface area contributed by atoms with E-state index < -0.39 is 5.91 Å². The van der Waals surface area contributed by atoms with Crippen LogP contribution in [0.3, 0.4) is 0 Å². The lowest BCUT2D eigenvalue weighted by molar-refractivity contribution is 0.0994. The van der Waals surface area contributed by atoms with Gasteiger partial charge >= 0.3 is 0 Å². The van der Waals surface area contributed by atoms with Gasteiger partial charge in [0.1, 0.15) is 22.8 Å². The molecule has 0 saturated carbocycles. The summed E-state index contributed by atoms with van der Waals surface area (Å²) in [5.74, 6) is 1.18. The highest BCUT2D eigenvalue weighted by Crippen LogP contribution is 2.29. The van der Waals surface area contributed by atoms with Gasteiger partial charge in [-0.15, -0.1) is 0 Å². The fourth-order valence-corrected chi connectivity index (χ4v) is 3.76. The van der Waals surface area contributed by atoms with Crippen LogP contribution in [0.5, 0.6) is 11.5 Å². The van der Waals surface area contributed by atoms with E-state index in [2.05, 4.69) is 10.3 Å². The molecule has 0 aliphatic rings. The van der Waals surface area contributed by atoms with Crippen molar-refractivity contribution in [2.45, 2.75) is 6.54 Å². The molecule has 0 bridgehead atoms. The van der Waals surface area contributed by atoms with Crippen LogP contribution < -0.4 is 20.3 Å². The summed E-state index contributed by atoms with van der Waals surface area (Å²) in [5, 5.41) is 2.77. The summed E-state index contributed by atoms with van der Waals surface area (Å²) in [4.78, 5) is 30.2. The third-order valence-electron chi connectivity index (χ3n) is 5.35. The van der Waals surface area contributed by atoms with Crippen molar-refractivity contribution in [1.82, 2.24) is 14.0 Å². The molecule has 166 valence electrons. The maximum atomic E-state index is 13.1. The summed E-state index contributed by atoms with van der Waals surface area (Å²) in [6.45, 7) is 0.132. The standard InChI is InChI=1S/C24H20N4O5/c1-31-15-7-9-17(21(13-15)32-2)26-23(29)20-10-8-16(33-20)14-28-22-18(5-3-11-25-22)27-12-4-6-19(27)24(28)30/h3-13H,14H2,1-2H3,(H,26,29). The molecule has 1 N–H and O–H groups in total. The number of nitrogens with one attached hydrogen (secondary N) is 1. The minimum atomic E-state index is -0.443. The van der Waals surface area contributed by atoms with Gasteiger partial charge in [-0.25, -0.2) is 4.98 Å². The summed E-state index contributed by atoms with van der Waals surface area (Å²) in [5.41, 5.74) is 2.14. The minimum Gasteiger partial charge on any atom is -0.497 e. The zero-order valence-electron chi connectivity index (χ0n) is 17.9. The lowest BCUT2D eigenvalue weighted by atomic mass is 10.2. The summed E-state index contributed by atoms with van der Waals surface area (Å²) < 4.78 is 19.6. The number of fused-ring (bicyclic) bond motifs is 3. The Hall–Kier alpha value is -4.53. The average molecular weight is 444 g/mol. The molecule has 9 nitrogen and oxygen atoms in total. The molecule has 0 aliphatic carbocycles. The predicted octanol–water partition coefficient (Wildman–Crippen LogP) is 3.56. The molecule has 0 aliphatic heterocycles. The Morgan fingerprint density at radius 3 is 2.73 bits per heavy atom. The Bertz CT molecular complexity index is 1550. The summed E-state index contributed by atoms with van der Waals surface area (Å²) >= 11 is 0. The van der Waals surface area contributed by atoms with E-state index in [0.29, 0.717) is 34.1 Å². The summed E-state index contributed by atoms with van der Waals surface area (Å²) in [6.07, 6.45) is 3.46. The lowest BCUT2D eigenvalue weighted by Gasteiger charge is -2.11. The number of ether oxygens (including phenoxy) is 2. The second-order valence-electron chi connectivity index (χ2n) is 7.29. The Morgan fingerprint density at radius 2 is 1.91 bits per heavy atom. The van der Waals surface area contributed by atoms with Gasteiger partial charge in [-0.3, -0.25) is 14.2 Å². The van der Waals surface area contributed by atoms with Gasteiger partial charge < -0.3 is 23.6 Å². The molecule has 0 spiro atoms. The number of benzene rings is 1. The number of aromatic nitrogens is 3. The largest absolute Gasteiger partial charge is 0.497 e. The van der Waals surface area contributed by atoms with Crippen molar-refractivity contribution in [3.05, 3.63) is 88.9 Å². The third-order valence-corrected chi connectivity index (χ3v) is 5.35. The van der Waals surface area contributed by atoms with E-state index in [1.165, 1.54) is 11.7 Å². The van der Waals surface area contributed by atoms with E-state index in [4.69, 9.17) is 13.9 Å². The first kappa shape index (κ1) is 20.4. The van der Waals surface area contributed by atoms with Crippen molar-refractivity contribution in [3.8, 4) is 11.5 Å². The van der Waals surface area contributed by atoms with Crippen LogP contribution in [0.1, 0.15) is 16.3 Å². The maximum absolute atomic E-state index is 13.1. The molecule has 4 heterocycles. The van der Waals surface area contributed by atoms with Gasteiger partial charge in [0.05, 0.1) is 32.0 Å². The number of furan rings is 1. The molecule has 0 radical (unpaired) electrons. The fraction of sp³-hybridized carbons (Fsp3) is 0.125. The van der Waals surface area contributed by atoms with Crippen molar-refractivity contribution in [3.63, 3.8) is 0 Å². The highest BCUT2D eigenvalue weighted by Gasteiger charge is 2.17. The number of amides is 1. The normalized spacial score (nSPS) is 11.1. The topological polar surface area (TPSA) is 100 Å². The van der Waals surface area contributed by atoms with Crippen LogP contribution in [-0.2, 0) is 6.54 Å². The first-order chi connectivity index (χ1) is 16.1. The van der Waals surface area contributed by atoms with Crippen LogP contribution in [0.15, 0.2) is 76.2 Å². The summed E-state index contributed by atoms with van der Waals surface area (Å²) in [6, 6.07) is 15.6. The number of methoxy groups -OCH3 is 2. The Balaban J connectivity index is 1.44. The van der Waals surface area contributed by atoms with Crippen LogP contribution in [0.2, 0.25) is 0 Å². The Labute approximate surface area is 187 Å². The molecule has 0 fully saturated rings. The van der Waals surface area contributed by atoms with E-state index in [1.807, 2.05) is 28.8 Å². The Morgan fingerprint density at radius 1 is 1.06 bits per heavy atom. The highest BCUT2D eigenvalue weighted by atomic mass is 16.5. The van der Waals surface area contributed by atoms with E-state index in [9.17, 15) is 9.59 Å². The number of anilines is 1. The van der Waals surface area contributed by atoms with Gasteiger partial charge in [0.25, 0.3) is 11.5 Å². The van der Waals surface area contributed by atoms with Crippen molar-refractivity contribution < 1.29 is 18.7 Å². The molecule has 1 amide bonds. The zero-order chi connectivity index (χ0) is 22.9. The van der Waals surface area contributed by atoms with E-state index in [1.54, 1.807) is 49.7 Å². The van der Waals surface area contributed by atoms with Crippen LogP contribution in [-0.4, -0.2) is 34.1 Å². The monoisotopic (exact) mass is 444 g/mol. The van der Waals surface area contributed by atoms with Gasteiger partial charge in [0, 0.05) is 18.5 Å². The SMILES string of the molecule is COc1ccc(NC(=O)c2ccc(Cn3c(=O)c4cccn4c4cccnc43)o2)c(OC)c1. The van der Waals surface area contributed by atoms with Crippen LogP contribution >= 0.6 is 0 Å². The van der Waals surface area contributed by atoms with Gasteiger partial charge in [0.15, 0.2) is 11.4 Å². The van der Waals surface area contributed by atoms with Gasteiger partial charge in [-0.1, -0.05) is 0 Å². The number of hydrogen-bond donors (Lipinski definition) is 1. The Kier molecular flexibility index (Phi) is 5.06. The minimum absolute atomic E-state index is 0.108. The first-order valence-electron chi connectivity index (χ1n) is 10.2. The quantitative estimate of drug-likeness (QED) is 0.430. The second-order valence-corrected chi connectivity index (χ2v) is 7.29. The van der Waals surface area contributed by atoms with Crippen LogP contribution in [0.4, 0.5) is 5.69 Å². The molecule has 33 heavy (non-hydrogen) atoms. The molecular weight excluding hydrogens is 424 g/mol. The molecule has 0 unspecified atom stereocenters. The predicted molar refractivity (Wildman–Crippen MR) is 122 cm³/mol. The first-order valence-corrected chi connectivity index (χ1v) is 10.2. The molecule has 9 heteroatoms. The number of hydrogen-bond acceptors (Lipinski definition) is 6. The van der Waals surface area contributed by atoms with Gasteiger partial charge in [-0.05, 0) is 48.5 Å². The van der Waals surface area contributed by atoms with Gasteiger partial charge in [0.2, 0.25) is 0 Å². The molecule has 5 aromatic rings. The molecule has 0 saturated heterocycles. The molecular formula is C24H20N4O5. The summed E-state index contributed by atoms with van der Waals surface area (Å²) in [7, 11) is 3.06. The zero-order valence-corrected chi connectivity index (χ0v) is 17.9. The lowest BCUT2D eigenvalue weighted by Crippen LogP contribution is -2.23. The van der Waals surface area contributed by atoms with Crippen LogP contribution in [0, 0.1) is 0 Å². The average Bonchev–Trinajstić information content (AvgIpc) is 3.52. The number of rotatable bonds is 6. The molecule has 4 aromatic heterocycles. The number of nitrogens with zero attached hydrogens (tertiary/aromatic N) is 3. The third kappa shape index (κ3) is 3.59. The molecule has 1 aromatic carbocycles. The molecule has 5 rings (SSSR count). The van der Waals surface area contributed by atoms with Crippen molar-refractivity contribution in [2.75, 3.05) is 19.5 Å². The fourth-order valence-electron chi connectivity index (χ4n) is 3.76. The highest BCUT2D eigenvalue weighted by molar-refractivity contribution is 6.03. The molecule has 0 atom stereocenters. The van der Waals surface area contributed by atoms with E-state index >= 15 is 0 Å². The second kappa shape index (κ2) is 8.19. The van der Waals surface area contributed by atoms with E-state index in [-0.39, 0.29) is 17.9 Å². The van der Waals surface area contributed by atoms with Crippen molar-refractivity contribution in [1.29, 1.82) is 0 Å². The van der Waals surface area contributed by atoms with Crippen molar-refractivity contribution in [2.24, 2.45) is 0 Å². The van der Waals surface area contributed by atoms with E-state index in [0.717, 1.165) is 5.52 Å². The maximum Gasteiger partial charge on any atom is 0.291 e. The number of pyridine rings is 1. The van der Waals surface area contributed by atoms with Gasteiger partial charge in [-0.2, -0.15) is 0 Å².